The molecule has 19 heavy (non-hydrogen) atoms. The zero-order valence-corrected chi connectivity index (χ0v) is 12.7. The van der Waals surface area contributed by atoms with E-state index >= 15 is 0 Å². The first-order chi connectivity index (χ1) is 9.19. The lowest BCUT2D eigenvalue weighted by molar-refractivity contribution is 0.283. The van der Waals surface area contributed by atoms with Gasteiger partial charge in [-0.25, -0.2) is 0 Å². The second kappa shape index (κ2) is 9.43. The van der Waals surface area contributed by atoms with Crippen molar-refractivity contribution in [2.24, 2.45) is 0 Å². The Morgan fingerprint density at radius 2 is 2.00 bits per heavy atom. The first-order valence-corrected chi connectivity index (χ1v) is 7.37. The molecule has 3 nitrogen and oxygen atoms in total. The fraction of sp³-hybridized carbons (Fsp3) is 0.571. The van der Waals surface area contributed by atoms with Crippen LogP contribution in [0, 0.1) is 0 Å². The van der Waals surface area contributed by atoms with Crippen molar-refractivity contribution in [1.29, 1.82) is 0 Å². The van der Waals surface area contributed by atoms with E-state index in [2.05, 4.69) is 5.32 Å². The molecule has 0 unspecified atom stereocenters. The van der Waals surface area contributed by atoms with Gasteiger partial charge in [-0.3, -0.25) is 0 Å². The third-order valence-electron chi connectivity index (χ3n) is 2.70. The molecule has 2 N–H and O–H groups in total. The maximum absolute atomic E-state index is 8.69. The molecule has 0 aliphatic heterocycles. The highest BCUT2D eigenvalue weighted by Gasteiger charge is 2.10. The number of aliphatic hydroxyl groups is 1. The molecule has 5 heteroatoms. The molecule has 0 amide bonds. The van der Waals surface area contributed by atoms with E-state index in [0.717, 1.165) is 31.4 Å². The molecule has 0 atom stereocenters. The highest BCUT2D eigenvalue weighted by atomic mass is 35.5. The van der Waals surface area contributed by atoms with E-state index < -0.39 is 0 Å². The third kappa shape index (κ3) is 6.00. The number of unbranched alkanes of at least 4 members (excludes halogenated alkanes) is 2. The summed E-state index contributed by atoms with van der Waals surface area (Å²) in [5.41, 5.74) is 0.974. The standard InChI is InChI=1S/C14H21Cl2NO2/c1-2-19-14-11(8-12(15)9-13(14)16)10-17-6-4-3-5-7-18/h8-9,17-18H,2-7,10H2,1H3. The van der Waals surface area contributed by atoms with Crippen molar-refractivity contribution in [2.45, 2.75) is 32.7 Å². The number of nitrogens with one attached hydrogen (secondary N) is 1. The van der Waals surface area contributed by atoms with E-state index in [1.807, 2.05) is 13.0 Å². The second-order valence-corrected chi connectivity index (χ2v) is 5.11. The molecule has 108 valence electrons. The number of benzene rings is 1. The van der Waals surface area contributed by atoms with Gasteiger partial charge in [0.25, 0.3) is 0 Å². The van der Waals surface area contributed by atoms with Gasteiger partial charge in [-0.1, -0.05) is 23.2 Å². The average molecular weight is 306 g/mol. The van der Waals surface area contributed by atoms with Gasteiger partial charge < -0.3 is 15.2 Å². The molecule has 0 spiro atoms. The lowest BCUT2D eigenvalue weighted by atomic mass is 10.2. The summed E-state index contributed by atoms with van der Waals surface area (Å²) in [5, 5.41) is 13.2. The molecular formula is C14H21Cl2NO2. The molecule has 0 bridgehead atoms. The van der Waals surface area contributed by atoms with E-state index in [9.17, 15) is 0 Å². The summed E-state index contributed by atoms with van der Waals surface area (Å²) >= 11 is 12.1. The maximum Gasteiger partial charge on any atom is 0.142 e. The van der Waals surface area contributed by atoms with Crippen LogP contribution in [-0.2, 0) is 6.54 Å². The second-order valence-electron chi connectivity index (χ2n) is 4.27. The van der Waals surface area contributed by atoms with Gasteiger partial charge in [0.1, 0.15) is 5.75 Å². The Kier molecular flexibility index (Phi) is 8.22. The van der Waals surface area contributed by atoms with Crippen molar-refractivity contribution >= 4 is 23.2 Å². The zero-order chi connectivity index (χ0) is 14.1. The minimum Gasteiger partial charge on any atom is -0.492 e. The number of hydrogen-bond donors (Lipinski definition) is 2. The SMILES string of the molecule is CCOc1c(Cl)cc(Cl)cc1CNCCCCCO. The van der Waals surface area contributed by atoms with Crippen LogP contribution in [0.3, 0.4) is 0 Å². The fourth-order valence-electron chi connectivity index (χ4n) is 1.81. The van der Waals surface area contributed by atoms with E-state index in [-0.39, 0.29) is 6.61 Å². The summed E-state index contributed by atoms with van der Waals surface area (Å²) in [6.07, 6.45) is 2.92. The molecule has 1 aromatic rings. The van der Waals surface area contributed by atoms with Gasteiger partial charge >= 0.3 is 0 Å². The quantitative estimate of drug-likeness (QED) is 0.684. The molecule has 0 heterocycles. The normalized spacial score (nSPS) is 10.7. The van der Waals surface area contributed by atoms with Gasteiger partial charge in [0.05, 0.1) is 11.6 Å². The van der Waals surface area contributed by atoms with Crippen molar-refractivity contribution in [1.82, 2.24) is 5.32 Å². The van der Waals surface area contributed by atoms with Gasteiger partial charge in [-0.05, 0) is 44.9 Å². The van der Waals surface area contributed by atoms with Gasteiger partial charge in [-0.15, -0.1) is 0 Å². The molecule has 0 aliphatic carbocycles. The van der Waals surface area contributed by atoms with E-state index in [1.165, 1.54) is 0 Å². The molecule has 0 aliphatic rings. The minimum absolute atomic E-state index is 0.262. The number of ether oxygens (including phenoxy) is 1. The van der Waals surface area contributed by atoms with Crippen molar-refractivity contribution in [3.63, 3.8) is 0 Å². The average Bonchev–Trinajstić information content (AvgIpc) is 2.37. The Balaban J connectivity index is 2.51. The van der Waals surface area contributed by atoms with Crippen LogP contribution in [0.1, 0.15) is 31.7 Å². The van der Waals surface area contributed by atoms with Crippen LogP contribution in [0.15, 0.2) is 12.1 Å². The maximum atomic E-state index is 8.69. The predicted molar refractivity (Wildman–Crippen MR) is 80.3 cm³/mol. The minimum atomic E-state index is 0.262. The molecular weight excluding hydrogens is 285 g/mol. The number of rotatable bonds is 9. The molecule has 1 rings (SSSR count). The zero-order valence-electron chi connectivity index (χ0n) is 11.2. The van der Waals surface area contributed by atoms with E-state index in [1.54, 1.807) is 6.07 Å². The first-order valence-electron chi connectivity index (χ1n) is 6.61. The van der Waals surface area contributed by atoms with Crippen LogP contribution < -0.4 is 10.1 Å². The van der Waals surface area contributed by atoms with E-state index in [4.69, 9.17) is 33.0 Å². The van der Waals surface area contributed by atoms with Crippen molar-refractivity contribution in [3.05, 3.63) is 27.7 Å². The Morgan fingerprint density at radius 3 is 2.68 bits per heavy atom. The Bertz CT molecular complexity index is 386. The molecule has 0 saturated heterocycles. The fourth-order valence-corrected chi connectivity index (χ4v) is 2.40. The summed E-state index contributed by atoms with van der Waals surface area (Å²) in [6.45, 7) is 4.34. The van der Waals surface area contributed by atoms with Crippen LogP contribution in [0.2, 0.25) is 10.0 Å². The third-order valence-corrected chi connectivity index (χ3v) is 3.20. The van der Waals surface area contributed by atoms with Crippen LogP contribution in [0.25, 0.3) is 0 Å². The highest BCUT2D eigenvalue weighted by molar-refractivity contribution is 6.35. The molecule has 1 aromatic carbocycles. The molecule has 0 fully saturated rings. The largest absolute Gasteiger partial charge is 0.492 e. The Morgan fingerprint density at radius 1 is 1.21 bits per heavy atom. The topological polar surface area (TPSA) is 41.5 Å². The lowest BCUT2D eigenvalue weighted by Gasteiger charge is -2.13. The van der Waals surface area contributed by atoms with Crippen molar-refractivity contribution in [3.8, 4) is 5.75 Å². The number of halogens is 2. The monoisotopic (exact) mass is 305 g/mol. The number of hydrogen-bond acceptors (Lipinski definition) is 3. The van der Waals surface area contributed by atoms with Crippen molar-refractivity contribution < 1.29 is 9.84 Å². The Hall–Kier alpha value is -0.480. The van der Waals surface area contributed by atoms with Crippen LogP contribution in [0.4, 0.5) is 0 Å². The summed E-state index contributed by atoms with van der Waals surface area (Å²) < 4.78 is 5.55. The highest BCUT2D eigenvalue weighted by Crippen LogP contribution is 2.32. The smallest absolute Gasteiger partial charge is 0.142 e. The van der Waals surface area contributed by atoms with Gasteiger partial charge in [0, 0.05) is 23.7 Å². The van der Waals surface area contributed by atoms with Gasteiger partial charge in [-0.2, -0.15) is 0 Å². The van der Waals surface area contributed by atoms with Gasteiger partial charge in [0.15, 0.2) is 0 Å². The summed E-state index contributed by atoms with van der Waals surface area (Å²) in [6, 6.07) is 3.57. The molecule has 0 radical (unpaired) electrons. The first kappa shape index (κ1) is 16.6. The summed E-state index contributed by atoms with van der Waals surface area (Å²) in [5.74, 6) is 0.705. The molecule has 0 saturated carbocycles. The van der Waals surface area contributed by atoms with Gasteiger partial charge in [0.2, 0.25) is 0 Å². The molecule has 0 aromatic heterocycles. The summed E-state index contributed by atoms with van der Waals surface area (Å²) in [4.78, 5) is 0. The van der Waals surface area contributed by atoms with E-state index in [0.29, 0.717) is 28.9 Å². The van der Waals surface area contributed by atoms with Crippen LogP contribution in [-0.4, -0.2) is 24.9 Å². The van der Waals surface area contributed by atoms with Crippen molar-refractivity contribution in [2.75, 3.05) is 19.8 Å². The van der Waals surface area contributed by atoms with Crippen LogP contribution >= 0.6 is 23.2 Å². The summed E-state index contributed by atoms with van der Waals surface area (Å²) in [7, 11) is 0. The van der Waals surface area contributed by atoms with Crippen LogP contribution in [0.5, 0.6) is 5.75 Å². The number of aliphatic hydroxyl groups excluding tert-OH is 1. The lowest BCUT2D eigenvalue weighted by Crippen LogP contribution is -2.15. The predicted octanol–water partition coefficient (Wildman–Crippen LogP) is 3.64. The Labute approximate surface area is 124 Å².